The summed E-state index contributed by atoms with van der Waals surface area (Å²) >= 11 is 0. The van der Waals surface area contributed by atoms with Crippen molar-refractivity contribution in [2.75, 3.05) is 4.90 Å². The third-order valence-electron chi connectivity index (χ3n) is 9.19. The molecule has 8 rings (SSSR count). The summed E-state index contributed by atoms with van der Waals surface area (Å²) in [6, 6.07) is 69.5. The monoisotopic (exact) mass is 602 g/mol. The molecule has 0 aromatic heterocycles. The van der Waals surface area contributed by atoms with E-state index in [0.29, 0.717) is 6.54 Å². The average Bonchev–Trinajstić information content (AvgIpc) is 3.15. The summed E-state index contributed by atoms with van der Waals surface area (Å²) in [5, 5.41) is 0. The first-order valence-corrected chi connectivity index (χ1v) is 16.2. The van der Waals surface area contributed by atoms with Gasteiger partial charge in [0.15, 0.2) is 0 Å². The Labute approximate surface area is 277 Å². The largest absolute Gasteiger partial charge is 0.310 e. The van der Waals surface area contributed by atoms with Crippen molar-refractivity contribution in [3.05, 3.63) is 233 Å². The maximum atomic E-state index is 5.26. The smallest absolute Gasteiger partial charge is 0.0742 e. The van der Waals surface area contributed by atoms with E-state index in [9.17, 15) is 0 Å². The Morgan fingerprint density at radius 2 is 0.915 bits per heavy atom. The van der Waals surface area contributed by atoms with Crippen LogP contribution < -0.4 is 4.90 Å². The predicted molar refractivity (Wildman–Crippen MR) is 195 cm³/mol. The summed E-state index contributed by atoms with van der Waals surface area (Å²) in [6.07, 6.45) is 0. The molecule has 2 heteroatoms. The highest BCUT2D eigenvalue weighted by atomic mass is 15.2. The van der Waals surface area contributed by atoms with Gasteiger partial charge in [0.05, 0.1) is 29.0 Å². The molecule has 0 radical (unpaired) electrons. The molecular formula is C45H34N2. The lowest BCUT2D eigenvalue weighted by atomic mass is 9.62. The molecule has 0 N–H and O–H groups in total. The molecule has 0 unspecified atom stereocenters. The highest BCUT2D eigenvalue weighted by Gasteiger charge is 2.46. The molecule has 7 aromatic rings. The minimum Gasteiger partial charge on any atom is -0.310 e. The first-order chi connectivity index (χ1) is 23.3. The predicted octanol–water partition coefficient (Wildman–Crippen LogP) is 10.9. The van der Waals surface area contributed by atoms with Gasteiger partial charge in [-0.3, -0.25) is 4.99 Å². The molecule has 0 fully saturated rings. The van der Waals surface area contributed by atoms with Gasteiger partial charge in [-0.05, 0) is 52.1 Å². The summed E-state index contributed by atoms with van der Waals surface area (Å²) in [4.78, 5) is 7.67. The fourth-order valence-corrected chi connectivity index (χ4v) is 7.19. The number of rotatable bonds is 7. The lowest BCUT2D eigenvalue weighted by molar-refractivity contribution is 0.729. The second-order valence-electron chi connectivity index (χ2n) is 11.9. The Kier molecular flexibility index (Phi) is 7.53. The molecule has 0 aliphatic carbocycles. The Morgan fingerprint density at radius 3 is 1.49 bits per heavy atom. The van der Waals surface area contributed by atoms with Crippen molar-refractivity contribution < 1.29 is 0 Å². The van der Waals surface area contributed by atoms with Gasteiger partial charge in [-0.25, -0.2) is 0 Å². The molecule has 0 amide bonds. The van der Waals surface area contributed by atoms with E-state index in [1.54, 1.807) is 0 Å². The van der Waals surface area contributed by atoms with Crippen molar-refractivity contribution >= 4 is 22.8 Å². The Morgan fingerprint density at radius 1 is 0.447 bits per heavy atom. The van der Waals surface area contributed by atoms with Crippen LogP contribution in [0.25, 0.3) is 0 Å². The van der Waals surface area contributed by atoms with Crippen LogP contribution >= 0.6 is 0 Å². The molecular weight excluding hydrogens is 569 g/mol. The van der Waals surface area contributed by atoms with E-state index in [2.05, 4.69) is 199 Å². The maximum absolute atomic E-state index is 5.26. The lowest BCUT2D eigenvalue weighted by Gasteiger charge is -2.46. The molecule has 2 nitrogen and oxygen atoms in total. The molecule has 0 saturated carbocycles. The Hall–Kier alpha value is -5.99. The zero-order valence-electron chi connectivity index (χ0n) is 26.1. The van der Waals surface area contributed by atoms with E-state index in [1.165, 1.54) is 39.2 Å². The molecule has 1 aliphatic rings. The summed E-state index contributed by atoms with van der Waals surface area (Å²) in [6.45, 7) is 0.567. The number of anilines is 3. The van der Waals surface area contributed by atoms with Crippen LogP contribution in [0.4, 0.5) is 17.1 Å². The van der Waals surface area contributed by atoms with Gasteiger partial charge < -0.3 is 4.90 Å². The van der Waals surface area contributed by atoms with E-state index in [4.69, 9.17) is 4.99 Å². The van der Waals surface area contributed by atoms with Crippen molar-refractivity contribution in [1.29, 1.82) is 0 Å². The topological polar surface area (TPSA) is 15.6 Å². The highest BCUT2D eigenvalue weighted by Crippen LogP contribution is 2.57. The van der Waals surface area contributed by atoms with Crippen molar-refractivity contribution in [1.82, 2.24) is 0 Å². The van der Waals surface area contributed by atoms with E-state index >= 15 is 0 Å². The molecule has 0 saturated heterocycles. The van der Waals surface area contributed by atoms with Crippen LogP contribution in [0.3, 0.4) is 0 Å². The van der Waals surface area contributed by atoms with Crippen molar-refractivity contribution in [2.24, 2.45) is 4.99 Å². The van der Waals surface area contributed by atoms with Gasteiger partial charge in [-0.1, -0.05) is 170 Å². The lowest BCUT2D eigenvalue weighted by Crippen LogP contribution is -2.37. The molecule has 0 spiro atoms. The van der Waals surface area contributed by atoms with Crippen LogP contribution in [0.1, 0.15) is 38.9 Å². The molecule has 224 valence electrons. The third kappa shape index (κ3) is 5.05. The number of hydrogen-bond acceptors (Lipinski definition) is 2. The Bertz CT molecular complexity index is 2060. The first-order valence-electron chi connectivity index (χ1n) is 16.2. The molecule has 1 heterocycles. The molecule has 0 bridgehead atoms. The summed E-state index contributed by atoms with van der Waals surface area (Å²) in [7, 11) is 0. The summed E-state index contributed by atoms with van der Waals surface area (Å²) in [5.74, 6) is 0. The van der Waals surface area contributed by atoms with Crippen LogP contribution in [0.2, 0.25) is 0 Å². The van der Waals surface area contributed by atoms with Crippen LogP contribution in [-0.2, 0) is 12.0 Å². The zero-order valence-corrected chi connectivity index (χ0v) is 26.1. The van der Waals surface area contributed by atoms with Gasteiger partial charge in [-0.15, -0.1) is 0 Å². The fraction of sp³-hybridized carbons (Fsp3) is 0.0444. The van der Waals surface area contributed by atoms with Gasteiger partial charge >= 0.3 is 0 Å². The highest BCUT2D eigenvalue weighted by molar-refractivity contribution is 6.12. The number of aliphatic imine (C=N–C) groups is 1. The molecule has 1 aliphatic heterocycles. The first kappa shape index (κ1) is 28.5. The molecule has 0 atom stereocenters. The summed E-state index contributed by atoms with van der Waals surface area (Å²) < 4.78 is 0. The van der Waals surface area contributed by atoms with E-state index in [1.807, 2.05) is 0 Å². The van der Waals surface area contributed by atoms with E-state index < -0.39 is 5.41 Å². The number of hydrogen-bond donors (Lipinski definition) is 0. The number of nitrogens with zero attached hydrogens (tertiary/aromatic N) is 2. The van der Waals surface area contributed by atoms with Crippen LogP contribution in [0, 0.1) is 0 Å². The molecule has 47 heavy (non-hydrogen) atoms. The second kappa shape index (κ2) is 12.4. The SMILES string of the molecule is c1ccc(C(=NCc2cccc(C3(c4ccccc4)c4ccccc4N(c4ccccc4)c4ccccc43)c2)c2ccccc2)cc1. The minimum atomic E-state index is -0.541. The van der Waals surface area contributed by atoms with Crippen molar-refractivity contribution in [2.45, 2.75) is 12.0 Å². The average molecular weight is 603 g/mol. The minimum absolute atomic E-state index is 0.541. The summed E-state index contributed by atoms with van der Waals surface area (Å²) in [5.41, 5.74) is 12.3. The second-order valence-corrected chi connectivity index (χ2v) is 11.9. The fourth-order valence-electron chi connectivity index (χ4n) is 7.19. The number of fused-ring (bicyclic) bond motifs is 2. The van der Waals surface area contributed by atoms with Gasteiger partial charge in [0.25, 0.3) is 0 Å². The van der Waals surface area contributed by atoms with Crippen LogP contribution in [0.5, 0.6) is 0 Å². The Balaban J connectivity index is 1.33. The quantitative estimate of drug-likeness (QED) is 0.166. The van der Waals surface area contributed by atoms with Crippen molar-refractivity contribution in [3.63, 3.8) is 0 Å². The van der Waals surface area contributed by atoms with Gasteiger partial charge in [0.2, 0.25) is 0 Å². The van der Waals surface area contributed by atoms with Gasteiger partial charge in [0.1, 0.15) is 0 Å². The molecule has 7 aromatic carbocycles. The number of benzene rings is 7. The third-order valence-corrected chi connectivity index (χ3v) is 9.19. The maximum Gasteiger partial charge on any atom is 0.0742 e. The van der Waals surface area contributed by atoms with Crippen LogP contribution in [0.15, 0.2) is 199 Å². The van der Waals surface area contributed by atoms with Crippen molar-refractivity contribution in [3.8, 4) is 0 Å². The van der Waals surface area contributed by atoms with E-state index in [0.717, 1.165) is 22.5 Å². The van der Waals surface area contributed by atoms with Gasteiger partial charge in [-0.2, -0.15) is 0 Å². The number of para-hydroxylation sites is 3. The standard InChI is InChI=1S/C45H34N2/c1-5-19-35(20-6-1)44(36-21-7-2-8-22-36)46-33-34-18-17-25-38(32-34)45(37-23-9-3-10-24-37)40-28-13-15-30-42(40)47(39-26-11-4-12-27-39)43-31-16-14-29-41(43)45/h1-32H,33H2. The van der Waals surface area contributed by atoms with Crippen LogP contribution in [-0.4, -0.2) is 5.71 Å². The zero-order chi connectivity index (χ0) is 31.5. The normalized spacial score (nSPS) is 12.9. The van der Waals surface area contributed by atoms with Gasteiger partial charge in [0, 0.05) is 16.8 Å². The van der Waals surface area contributed by atoms with E-state index in [-0.39, 0.29) is 0 Å².